The van der Waals surface area contributed by atoms with Crippen molar-refractivity contribution < 1.29 is 4.74 Å². The Kier molecular flexibility index (Phi) is 4.27. The highest BCUT2D eigenvalue weighted by Crippen LogP contribution is 2.60. The minimum atomic E-state index is 0.246. The molecule has 0 saturated heterocycles. The van der Waals surface area contributed by atoms with Crippen LogP contribution in [0.15, 0.2) is 24.3 Å². The molecule has 0 radical (unpaired) electrons. The van der Waals surface area contributed by atoms with Crippen molar-refractivity contribution in [1.29, 1.82) is 0 Å². The first-order valence-electron chi connectivity index (χ1n) is 8.04. The summed E-state index contributed by atoms with van der Waals surface area (Å²) < 4.78 is 5.90. The van der Waals surface area contributed by atoms with Crippen molar-refractivity contribution >= 4 is 0 Å². The molecular weight excluding hydrogens is 248 g/mol. The Labute approximate surface area is 121 Å². The maximum atomic E-state index is 5.90. The second-order valence-electron chi connectivity index (χ2n) is 6.22. The van der Waals surface area contributed by atoms with Gasteiger partial charge in [0.05, 0.1) is 12.6 Å². The van der Waals surface area contributed by atoms with Gasteiger partial charge in [-0.1, -0.05) is 38.0 Å². The number of para-hydroxylation sites is 1. The van der Waals surface area contributed by atoms with Crippen LogP contribution in [-0.4, -0.2) is 6.61 Å². The molecule has 110 valence electrons. The van der Waals surface area contributed by atoms with Crippen LogP contribution < -0.4 is 16.0 Å². The van der Waals surface area contributed by atoms with Gasteiger partial charge >= 0.3 is 0 Å². The largest absolute Gasteiger partial charge is 0.493 e. The van der Waals surface area contributed by atoms with Crippen LogP contribution in [0.1, 0.15) is 50.6 Å². The zero-order valence-electron chi connectivity index (χ0n) is 12.3. The number of nitrogens with one attached hydrogen (secondary N) is 1. The summed E-state index contributed by atoms with van der Waals surface area (Å²) in [6.07, 6.45) is 6.58. The molecule has 20 heavy (non-hydrogen) atoms. The second kappa shape index (κ2) is 6.15. The first kappa shape index (κ1) is 13.9. The van der Waals surface area contributed by atoms with E-state index in [4.69, 9.17) is 10.6 Å². The maximum Gasteiger partial charge on any atom is 0.124 e. The summed E-state index contributed by atoms with van der Waals surface area (Å²) in [6, 6.07) is 8.62. The molecule has 3 N–H and O–H groups in total. The molecule has 3 unspecified atom stereocenters. The summed E-state index contributed by atoms with van der Waals surface area (Å²) >= 11 is 0. The third-order valence-corrected chi connectivity index (χ3v) is 5.00. The molecule has 3 nitrogen and oxygen atoms in total. The SMILES string of the molecule is CCCOc1ccccc1C(NN)C1C2CCCCC21. The molecular formula is C17H26N2O. The minimum Gasteiger partial charge on any atom is -0.493 e. The van der Waals surface area contributed by atoms with Crippen LogP contribution >= 0.6 is 0 Å². The molecule has 0 amide bonds. The van der Waals surface area contributed by atoms with E-state index in [1.165, 1.54) is 31.2 Å². The molecule has 2 fully saturated rings. The molecule has 0 heterocycles. The molecule has 0 spiro atoms. The summed E-state index contributed by atoms with van der Waals surface area (Å²) in [6.45, 7) is 2.91. The van der Waals surface area contributed by atoms with Crippen LogP contribution in [0.2, 0.25) is 0 Å². The fraction of sp³-hybridized carbons (Fsp3) is 0.647. The molecule has 0 bridgehead atoms. The Morgan fingerprint density at radius 1 is 1.25 bits per heavy atom. The predicted octanol–water partition coefficient (Wildman–Crippen LogP) is 3.42. The molecule has 1 aromatic rings. The highest BCUT2D eigenvalue weighted by molar-refractivity contribution is 5.37. The normalized spacial score (nSPS) is 29.6. The molecule has 0 aromatic heterocycles. The van der Waals surface area contributed by atoms with Crippen LogP contribution in [0.25, 0.3) is 0 Å². The lowest BCUT2D eigenvalue weighted by Gasteiger charge is -2.20. The quantitative estimate of drug-likeness (QED) is 0.617. The zero-order valence-corrected chi connectivity index (χ0v) is 12.3. The van der Waals surface area contributed by atoms with Crippen LogP contribution in [-0.2, 0) is 0 Å². The molecule has 0 aliphatic heterocycles. The fourth-order valence-electron chi connectivity index (χ4n) is 4.03. The molecule has 3 heteroatoms. The fourth-order valence-corrected chi connectivity index (χ4v) is 4.03. The highest BCUT2D eigenvalue weighted by Gasteiger charge is 2.54. The van der Waals surface area contributed by atoms with Crippen molar-refractivity contribution in [1.82, 2.24) is 5.43 Å². The summed E-state index contributed by atoms with van der Waals surface area (Å²) in [4.78, 5) is 0. The second-order valence-corrected chi connectivity index (χ2v) is 6.22. The smallest absolute Gasteiger partial charge is 0.124 e. The molecule has 2 aliphatic rings. The van der Waals surface area contributed by atoms with E-state index in [2.05, 4.69) is 30.5 Å². The summed E-state index contributed by atoms with van der Waals surface area (Å²) in [7, 11) is 0. The molecule has 3 atom stereocenters. The topological polar surface area (TPSA) is 47.3 Å². The van der Waals surface area contributed by atoms with Gasteiger partial charge in [0.1, 0.15) is 5.75 Å². The van der Waals surface area contributed by atoms with E-state index in [1.54, 1.807) is 0 Å². The van der Waals surface area contributed by atoms with Crippen LogP contribution in [0.3, 0.4) is 0 Å². The third-order valence-electron chi connectivity index (χ3n) is 5.00. The Morgan fingerprint density at radius 2 is 1.95 bits per heavy atom. The van der Waals surface area contributed by atoms with E-state index >= 15 is 0 Å². The number of hydrogen-bond acceptors (Lipinski definition) is 3. The number of hydrazine groups is 1. The van der Waals surface area contributed by atoms with E-state index in [0.717, 1.165) is 30.6 Å². The van der Waals surface area contributed by atoms with Crippen molar-refractivity contribution in [2.75, 3.05) is 6.61 Å². The van der Waals surface area contributed by atoms with Crippen molar-refractivity contribution in [2.45, 2.75) is 45.1 Å². The lowest BCUT2D eigenvalue weighted by atomic mass is 9.99. The van der Waals surface area contributed by atoms with Crippen LogP contribution in [0.5, 0.6) is 5.75 Å². The number of rotatable bonds is 6. The van der Waals surface area contributed by atoms with E-state index in [1.807, 2.05) is 6.07 Å². The Bertz CT molecular complexity index is 436. The van der Waals surface area contributed by atoms with Gasteiger partial charge in [0.25, 0.3) is 0 Å². The minimum absolute atomic E-state index is 0.246. The summed E-state index contributed by atoms with van der Waals surface area (Å²) in [5.74, 6) is 9.35. The zero-order chi connectivity index (χ0) is 13.9. The predicted molar refractivity (Wildman–Crippen MR) is 81.2 cm³/mol. The Hall–Kier alpha value is -1.06. The first-order valence-corrected chi connectivity index (χ1v) is 8.04. The van der Waals surface area contributed by atoms with E-state index < -0.39 is 0 Å². The van der Waals surface area contributed by atoms with Crippen molar-refractivity contribution in [3.63, 3.8) is 0 Å². The molecule has 1 aromatic carbocycles. The van der Waals surface area contributed by atoms with Gasteiger partial charge in [0, 0.05) is 5.56 Å². The lowest BCUT2D eigenvalue weighted by molar-refractivity contribution is 0.306. The van der Waals surface area contributed by atoms with Crippen molar-refractivity contribution in [2.24, 2.45) is 23.6 Å². The van der Waals surface area contributed by atoms with Gasteiger partial charge in [-0.05, 0) is 43.1 Å². The standard InChI is InChI=1S/C17H26N2O/c1-2-11-20-15-10-6-5-9-14(15)17(19-18)16-12-7-3-4-8-13(12)16/h5-6,9-10,12-13,16-17,19H,2-4,7-8,11,18H2,1H3. The third kappa shape index (κ3) is 2.57. The van der Waals surface area contributed by atoms with E-state index in [-0.39, 0.29) is 6.04 Å². The summed E-state index contributed by atoms with van der Waals surface area (Å²) in [5, 5.41) is 0. The number of hydrogen-bond donors (Lipinski definition) is 2. The lowest BCUT2D eigenvalue weighted by Crippen LogP contribution is -2.30. The number of nitrogens with two attached hydrogens (primary N) is 1. The number of fused-ring (bicyclic) bond motifs is 1. The molecule has 3 rings (SSSR count). The molecule has 2 aliphatic carbocycles. The van der Waals surface area contributed by atoms with Crippen LogP contribution in [0.4, 0.5) is 0 Å². The van der Waals surface area contributed by atoms with Gasteiger partial charge in [-0.25, -0.2) is 0 Å². The van der Waals surface area contributed by atoms with Gasteiger partial charge < -0.3 is 4.74 Å². The van der Waals surface area contributed by atoms with Gasteiger partial charge in [-0.3, -0.25) is 11.3 Å². The summed E-state index contributed by atoms with van der Waals surface area (Å²) in [5.41, 5.74) is 4.31. The average Bonchev–Trinajstić information content (AvgIpc) is 3.22. The van der Waals surface area contributed by atoms with Gasteiger partial charge in [0.15, 0.2) is 0 Å². The molecule has 2 saturated carbocycles. The number of benzene rings is 1. The van der Waals surface area contributed by atoms with Gasteiger partial charge in [-0.2, -0.15) is 0 Å². The Morgan fingerprint density at radius 3 is 2.60 bits per heavy atom. The van der Waals surface area contributed by atoms with Gasteiger partial charge in [-0.15, -0.1) is 0 Å². The monoisotopic (exact) mass is 274 g/mol. The van der Waals surface area contributed by atoms with Crippen molar-refractivity contribution in [3.8, 4) is 5.75 Å². The van der Waals surface area contributed by atoms with E-state index in [9.17, 15) is 0 Å². The van der Waals surface area contributed by atoms with Gasteiger partial charge in [0.2, 0.25) is 0 Å². The maximum absolute atomic E-state index is 5.90. The number of ether oxygens (including phenoxy) is 1. The highest BCUT2D eigenvalue weighted by atomic mass is 16.5. The first-order chi connectivity index (χ1) is 9.86. The average molecular weight is 274 g/mol. The Balaban J connectivity index is 1.79. The van der Waals surface area contributed by atoms with Crippen LogP contribution in [0, 0.1) is 17.8 Å². The van der Waals surface area contributed by atoms with Crippen molar-refractivity contribution in [3.05, 3.63) is 29.8 Å². The van der Waals surface area contributed by atoms with E-state index in [0.29, 0.717) is 5.92 Å².